The van der Waals surface area contributed by atoms with E-state index in [1.807, 2.05) is 19.1 Å². The topological polar surface area (TPSA) is 63.6 Å². The molecule has 0 bridgehead atoms. The van der Waals surface area contributed by atoms with Gasteiger partial charge in [0.15, 0.2) is 0 Å². The summed E-state index contributed by atoms with van der Waals surface area (Å²) in [7, 11) is 0. The summed E-state index contributed by atoms with van der Waals surface area (Å²) in [6.45, 7) is 4.95. The van der Waals surface area contributed by atoms with Gasteiger partial charge in [0.1, 0.15) is 0 Å². The lowest BCUT2D eigenvalue weighted by molar-refractivity contribution is -0.0164. The largest absolute Gasteiger partial charge is 0.389 e. The lowest BCUT2D eigenvalue weighted by atomic mass is 10.2. The molecule has 1 aromatic rings. The predicted octanol–water partition coefficient (Wildman–Crippen LogP) is 1.04. The van der Waals surface area contributed by atoms with Crippen LogP contribution in [0.4, 0.5) is 0 Å². The smallest absolute Gasteiger partial charge is 0.0897 e. The zero-order valence-corrected chi connectivity index (χ0v) is 12.0. The molecule has 1 aliphatic heterocycles. The summed E-state index contributed by atoms with van der Waals surface area (Å²) >= 11 is 0. The van der Waals surface area contributed by atoms with E-state index in [0.717, 1.165) is 30.7 Å². The Balaban J connectivity index is 1.55. The molecule has 2 heterocycles. The normalized spacial score (nSPS) is 20.2. The zero-order valence-electron chi connectivity index (χ0n) is 12.0. The van der Waals surface area contributed by atoms with Crippen molar-refractivity contribution in [1.82, 2.24) is 10.3 Å². The molecule has 1 aromatic heterocycles. The number of aliphatic hydroxyl groups excluding tert-OH is 1. The van der Waals surface area contributed by atoms with Gasteiger partial charge >= 0.3 is 0 Å². The molecule has 112 valence electrons. The molecule has 2 N–H and O–H groups in total. The second-order valence-corrected chi connectivity index (χ2v) is 5.22. The Hall–Kier alpha value is -1.01. The maximum atomic E-state index is 9.82. The van der Waals surface area contributed by atoms with Crippen LogP contribution in [0.3, 0.4) is 0 Å². The molecule has 5 heteroatoms. The van der Waals surface area contributed by atoms with Gasteiger partial charge < -0.3 is 19.9 Å². The second kappa shape index (κ2) is 8.32. The number of pyridine rings is 1. The molecular weight excluding hydrogens is 256 g/mol. The number of hydrogen-bond donors (Lipinski definition) is 2. The molecule has 20 heavy (non-hydrogen) atoms. The van der Waals surface area contributed by atoms with E-state index in [-0.39, 0.29) is 6.10 Å². The maximum absolute atomic E-state index is 9.82. The van der Waals surface area contributed by atoms with Crippen LogP contribution in [0.5, 0.6) is 0 Å². The summed E-state index contributed by atoms with van der Waals surface area (Å²) in [6.07, 6.45) is 3.67. The fourth-order valence-corrected chi connectivity index (χ4v) is 2.23. The van der Waals surface area contributed by atoms with E-state index >= 15 is 0 Å². The second-order valence-electron chi connectivity index (χ2n) is 5.22. The summed E-state index contributed by atoms with van der Waals surface area (Å²) in [5.74, 6) is 0. The summed E-state index contributed by atoms with van der Waals surface area (Å²) in [4.78, 5) is 4.30. The van der Waals surface area contributed by atoms with Crippen LogP contribution in [0.2, 0.25) is 0 Å². The molecule has 0 amide bonds. The number of aryl methyl sites for hydroxylation is 1. The van der Waals surface area contributed by atoms with Gasteiger partial charge in [-0.25, -0.2) is 0 Å². The van der Waals surface area contributed by atoms with Crippen LogP contribution < -0.4 is 5.32 Å². The van der Waals surface area contributed by atoms with Gasteiger partial charge in [0.2, 0.25) is 0 Å². The molecule has 2 atom stereocenters. The van der Waals surface area contributed by atoms with Gasteiger partial charge in [-0.15, -0.1) is 0 Å². The van der Waals surface area contributed by atoms with Crippen molar-refractivity contribution in [1.29, 1.82) is 0 Å². The van der Waals surface area contributed by atoms with Crippen LogP contribution in [-0.2, 0) is 16.0 Å². The van der Waals surface area contributed by atoms with Crippen LogP contribution in [0.25, 0.3) is 0 Å². The Morgan fingerprint density at radius 2 is 2.50 bits per heavy atom. The minimum Gasteiger partial charge on any atom is -0.389 e. The fraction of sp³-hybridized carbons (Fsp3) is 0.667. The Morgan fingerprint density at radius 3 is 3.25 bits per heavy atom. The number of nitrogens with one attached hydrogen (secondary N) is 1. The molecule has 1 aliphatic rings. The van der Waals surface area contributed by atoms with Gasteiger partial charge in [-0.05, 0) is 31.4 Å². The predicted molar refractivity (Wildman–Crippen MR) is 76.5 cm³/mol. The SMILES string of the molecule is Cc1cccnc1CNCC(O)COCC1CCCO1. The average Bonchev–Trinajstić information content (AvgIpc) is 2.94. The number of aromatic nitrogens is 1. The third-order valence-corrected chi connectivity index (χ3v) is 3.43. The first-order valence-electron chi connectivity index (χ1n) is 7.24. The molecule has 0 aromatic carbocycles. The summed E-state index contributed by atoms with van der Waals surface area (Å²) in [5.41, 5.74) is 2.17. The molecule has 0 aliphatic carbocycles. The third kappa shape index (κ3) is 5.17. The summed E-state index contributed by atoms with van der Waals surface area (Å²) in [6, 6.07) is 3.96. The van der Waals surface area contributed by atoms with Crippen molar-refractivity contribution < 1.29 is 14.6 Å². The molecule has 1 fully saturated rings. The monoisotopic (exact) mass is 280 g/mol. The average molecular weight is 280 g/mol. The lowest BCUT2D eigenvalue weighted by Crippen LogP contribution is -2.31. The summed E-state index contributed by atoms with van der Waals surface area (Å²) < 4.78 is 10.9. The number of rotatable bonds is 8. The van der Waals surface area contributed by atoms with Crippen LogP contribution in [0.15, 0.2) is 18.3 Å². The van der Waals surface area contributed by atoms with Crippen molar-refractivity contribution in [2.24, 2.45) is 0 Å². The third-order valence-electron chi connectivity index (χ3n) is 3.43. The van der Waals surface area contributed by atoms with Crippen molar-refractivity contribution in [3.63, 3.8) is 0 Å². The number of nitrogens with zero attached hydrogens (tertiary/aromatic N) is 1. The van der Waals surface area contributed by atoms with E-state index in [2.05, 4.69) is 10.3 Å². The van der Waals surface area contributed by atoms with Crippen molar-refractivity contribution in [3.05, 3.63) is 29.6 Å². The fourth-order valence-electron chi connectivity index (χ4n) is 2.23. The minimum absolute atomic E-state index is 0.214. The van der Waals surface area contributed by atoms with Gasteiger partial charge in [-0.1, -0.05) is 6.07 Å². The van der Waals surface area contributed by atoms with E-state index in [4.69, 9.17) is 9.47 Å². The minimum atomic E-state index is -0.500. The lowest BCUT2D eigenvalue weighted by Gasteiger charge is -2.14. The van der Waals surface area contributed by atoms with E-state index in [9.17, 15) is 5.11 Å². The molecule has 2 unspecified atom stereocenters. The molecule has 0 saturated carbocycles. The number of aliphatic hydroxyl groups is 1. The Morgan fingerprint density at radius 1 is 1.60 bits per heavy atom. The maximum Gasteiger partial charge on any atom is 0.0897 e. The first kappa shape index (κ1) is 15.4. The highest BCUT2D eigenvalue weighted by Gasteiger charge is 2.16. The van der Waals surface area contributed by atoms with Crippen LogP contribution in [-0.4, -0.2) is 48.7 Å². The Kier molecular flexibility index (Phi) is 6.39. The Bertz CT molecular complexity index is 394. The zero-order chi connectivity index (χ0) is 14.2. The van der Waals surface area contributed by atoms with Gasteiger partial charge in [0.25, 0.3) is 0 Å². The quantitative estimate of drug-likeness (QED) is 0.745. The first-order valence-corrected chi connectivity index (χ1v) is 7.24. The molecule has 2 rings (SSSR count). The van der Waals surface area contributed by atoms with Crippen molar-refractivity contribution in [2.75, 3.05) is 26.4 Å². The van der Waals surface area contributed by atoms with Gasteiger partial charge in [0, 0.05) is 25.9 Å². The van der Waals surface area contributed by atoms with Crippen LogP contribution >= 0.6 is 0 Å². The van der Waals surface area contributed by atoms with Gasteiger partial charge in [0.05, 0.1) is 31.1 Å². The summed E-state index contributed by atoms with van der Waals surface area (Å²) in [5, 5.41) is 13.0. The van der Waals surface area contributed by atoms with E-state index in [1.165, 1.54) is 0 Å². The van der Waals surface area contributed by atoms with Crippen molar-refractivity contribution in [3.8, 4) is 0 Å². The molecule has 1 saturated heterocycles. The highest BCUT2D eigenvalue weighted by Crippen LogP contribution is 2.11. The first-order chi connectivity index (χ1) is 9.75. The van der Waals surface area contributed by atoms with E-state index in [1.54, 1.807) is 6.20 Å². The number of hydrogen-bond acceptors (Lipinski definition) is 5. The van der Waals surface area contributed by atoms with E-state index in [0.29, 0.717) is 26.3 Å². The Labute approximate surface area is 120 Å². The molecule has 5 nitrogen and oxygen atoms in total. The van der Waals surface area contributed by atoms with E-state index < -0.39 is 6.10 Å². The molecule has 0 radical (unpaired) electrons. The van der Waals surface area contributed by atoms with Crippen molar-refractivity contribution in [2.45, 2.75) is 38.5 Å². The van der Waals surface area contributed by atoms with Crippen LogP contribution in [0, 0.1) is 6.92 Å². The van der Waals surface area contributed by atoms with Crippen molar-refractivity contribution >= 4 is 0 Å². The van der Waals surface area contributed by atoms with Crippen LogP contribution in [0.1, 0.15) is 24.1 Å². The molecular formula is C15H24N2O3. The van der Waals surface area contributed by atoms with Gasteiger partial charge in [-0.3, -0.25) is 4.98 Å². The highest BCUT2D eigenvalue weighted by molar-refractivity contribution is 5.17. The highest BCUT2D eigenvalue weighted by atomic mass is 16.5. The number of ether oxygens (including phenoxy) is 2. The van der Waals surface area contributed by atoms with Gasteiger partial charge in [-0.2, -0.15) is 0 Å². The molecule has 0 spiro atoms. The standard InChI is InChI=1S/C15H24N2O3/c1-12-4-2-6-17-15(12)9-16-8-13(18)10-19-11-14-5-3-7-20-14/h2,4,6,13-14,16,18H,3,5,7-11H2,1H3.